The molecule has 0 bridgehead atoms. The third kappa shape index (κ3) is 6.33. The van der Waals surface area contributed by atoms with Crippen LogP contribution >= 0.6 is 0 Å². The van der Waals surface area contributed by atoms with Crippen molar-refractivity contribution in [3.8, 4) is 0 Å². The van der Waals surface area contributed by atoms with E-state index in [4.69, 9.17) is 0 Å². The van der Waals surface area contributed by atoms with Gasteiger partial charge in [0.15, 0.2) is 5.43 Å². The standard InChI is InChI=1S/C24H33NO/c1-3-4-5-6-7-8-9-10-11-12-13-14-17-21-20-24(26)22-18-15-16-19-23(22)25(21)2/h12-20H,3-11H2,1-2H3/b13-12+,17-14+. The van der Waals surface area contributed by atoms with Crippen molar-refractivity contribution in [1.82, 2.24) is 4.57 Å². The van der Waals surface area contributed by atoms with Crippen molar-refractivity contribution in [2.75, 3.05) is 0 Å². The van der Waals surface area contributed by atoms with E-state index in [1.54, 1.807) is 6.07 Å². The molecule has 140 valence electrons. The van der Waals surface area contributed by atoms with Crippen LogP contribution in [-0.4, -0.2) is 4.57 Å². The quantitative estimate of drug-likeness (QED) is 0.328. The van der Waals surface area contributed by atoms with Gasteiger partial charge < -0.3 is 4.57 Å². The average molecular weight is 352 g/mol. The molecule has 0 aliphatic rings. The Bertz CT molecular complexity index is 782. The zero-order valence-electron chi connectivity index (χ0n) is 16.4. The Morgan fingerprint density at radius 1 is 0.923 bits per heavy atom. The predicted octanol–water partition coefficient (Wildman–Crippen LogP) is 6.64. The number of hydrogen-bond donors (Lipinski definition) is 0. The molecule has 0 saturated heterocycles. The molecule has 1 heterocycles. The maximum absolute atomic E-state index is 12.2. The minimum atomic E-state index is 0.0845. The number of para-hydroxylation sites is 1. The van der Waals surface area contributed by atoms with Crippen LogP contribution in [0.3, 0.4) is 0 Å². The molecule has 1 aromatic carbocycles. The third-order valence-electron chi connectivity index (χ3n) is 4.94. The second-order valence-corrected chi connectivity index (χ2v) is 7.06. The monoisotopic (exact) mass is 351 g/mol. The van der Waals surface area contributed by atoms with Gasteiger partial charge in [0, 0.05) is 24.2 Å². The smallest absolute Gasteiger partial charge is 0.190 e. The van der Waals surface area contributed by atoms with Crippen molar-refractivity contribution in [2.45, 2.75) is 64.7 Å². The number of hydrogen-bond acceptors (Lipinski definition) is 1. The first-order valence-electron chi connectivity index (χ1n) is 10.2. The Morgan fingerprint density at radius 2 is 1.62 bits per heavy atom. The maximum atomic E-state index is 12.2. The van der Waals surface area contributed by atoms with Gasteiger partial charge in [0.25, 0.3) is 0 Å². The van der Waals surface area contributed by atoms with E-state index in [0.29, 0.717) is 0 Å². The molecule has 2 aromatic rings. The van der Waals surface area contributed by atoms with Crippen LogP contribution in [0.15, 0.2) is 53.4 Å². The van der Waals surface area contributed by atoms with Gasteiger partial charge in [-0.2, -0.15) is 0 Å². The molecular formula is C24H33NO. The van der Waals surface area contributed by atoms with Crippen molar-refractivity contribution >= 4 is 17.0 Å². The Balaban J connectivity index is 1.75. The van der Waals surface area contributed by atoms with Gasteiger partial charge >= 0.3 is 0 Å². The lowest BCUT2D eigenvalue weighted by Crippen LogP contribution is -2.08. The van der Waals surface area contributed by atoms with Gasteiger partial charge in [0.1, 0.15) is 0 Å². The number of fused-ring (bicyclic) bond motifs is 1. The molecule has 0 aliphatic carbocycles. The molecule has 26 heavy (non-hydrogen) atoms. The second-order valence-electron chi connectivity index (χ2n) is 7.06. The average Bonchev–Trinajstić information content (AvgIpc) is 2.66. The van der Waals surface area contributed by atoms with Crippen LogP contribution in [-0.2, 0) is 7.05 Å². The number of pyridine rings is 1. The van der Waals surface area contributed by atoms with Crippen molar-refractivity contribution in [2.24, 2.45) is 7.05 Å². The third-order valence-corrected chi connectivity index (χ3v) is 4.94. The highest BCUT2D eigenvalue weighted by Gasteiger charge is 2.02. The summed E-state index contributed by atoms with van der Waals surface area (Å²) in [5, 5.41) is 0.775. The number of allylic oxidation sites excluding steroid dienone is 3. The van der Waals surface area contributed by atoms with E-state index in [2.05, 4.69) is 23.6 Å². The van der Waals surface area contributed by atoms with E-state index in [-0.39, 0.29) is 5.43 Å². The van der Waals surface area contributed by atoms with Crippen LogP contribution in [0.5, 0.6) is 0 Å². The molecule has 0 saturated carbocycles. The van der Waals surface area contributed by atoms with Gasteiger partial charge in [-0.3, -0.25) is 4.79 Å². The van der Waals surface area contributed by atoms with Gasteiger partial charge in [-0.05, 0) is 31.1 Å². The summed E-state index contributed by atoms with van der Waals surface area (Å²) in [7, 11) is 2.01. The molecular weight excluding hydrogens is 318 g/mol. The van der Waals surface area contributed by atoms with Gasteiger partial charge in [-0.15, -0.1) is 0 Å². The Labute approximate surface area is 158 Å². The summed E-state index contributed by atoms with van der Waals surface area (Å²) in [5.74, 6) is 0. The lowest BCUT2D eigenvalue weighted by atomic mass is 10.1. The van der Waals surface area contributed by atoms with Crippen LogP contribution < -0.4 is 5.43 Å². The Hall–Kier alpha value is -2.09. The normalized spacial score (nSPS) is 11.9. The number of unbranched alkanes of at least 4 members (excludes halogenated alkanes) is 8. The summed E-state index contributed by atoms with van der Waals surface area (Å²) in [6, 6.07) is 9.47. The van der Waals surface area contributed by atoms with Crippen molar-refractivity contribution in [1.29, 1.82) is 0 Å². The van der Waals surface area contributed by atoms with E-state index in [1.165, 1.54) is 51.4 Å². The number of aryl methyl sites for hydroxylation is 1. The highest BCUT2D eigenvalue weighted by Crippen LogP contribution is 2.12. The summed E-state index contributed by atoms with van der Waals surface area (Å²) < 4.78 is 2.07. The predicted molar refractivity (Wildman–Crippen MR) is 115 cm³/mol. The highest BCUT2D eigenvalue weighted by atomic mass is 16.1. The first-order valence-corrected chi connectivity index (χ1v) is 10.2. The summed E-state index contributed by atoms with van der Waals surface area (Å²) in [6.07, 6.45) is 20.4. The SMILES string of the molecule is CCCCCCCCCC/C=C/C=C/c1cc(=O)c2ccccc2n1C. The molecule has 1 aromatic heterocycles. The molecule has 2 rings (SSSR count). The van der Waals surface area contributed by atoms with Crippen LogP contribution in [0.4, 0.5) is 0 Å². The van der Waals surface area contributed by atoms with Crippen molar-refractivity contribution < 1.29 is 0 Å². The Morgan fingerprint density at radius 3 is 2.38 bits per heavy atom. The molecule has 0 N–H and O–H groups in total. The highest BCUT2D eigenvalue weighted by molar-refractivity contribution is 5.80. The summed E-state index contributed by atoms with van der Waals surface area (Å²) in [5.41, 5.74) is 1.99. The number of aromatic nitrogens is 1. The van der Waals surface area contributed by atoms with Gasteiger partial charge in [-0.25, -0.2) is 0 Å². The fourth-order valence-corrected chi connectivity index (χ4v) is 3.31. The van der Waals surface area contributed by atoms with Gasteiger partial charge in [0.05, 0.1) is 5.52 Å². The van der Waals surface area contributed by atoms with Crippen LogP contribution in [0.25, 0.3) is 17.0 Å². The van der Waals surface area contributed by atoms with Gasteiger partial charge in [0.2, 0.25) is 0 Å². The van der Waals surface area contributed by atoms with Crippen LogP contribution in [0.2, 0.25) is 0 Å². The topological polar surface area (TPSA) is 22.0 Å². The number of nitrogens with zero attached hydrogens (tertiary/aromatic N) is 1. The van der Waals surface area contributed by atoms with Crippen molar-refractivity contribution in [3.05, 3.63) is 64.5 Å². The summed E-state index contributed by atoms with van der Waals surface area (Å²) in [6.45, 7) is 2.26. The first kappa shape index (κ1) is 20.2. The zero-order chi connectivity index (χ0) is 18.6. The first-order chi connectivity index (χ1) is 12.7. The lowest BCUT2D eigenvalue weighted by molar-refractivity contribution is 0.577. The molecule has 0 fully saturated rings. The summed E-state index contributed by atoms with van der Waals surface area (Å²) >= 11 is 0. The molecule has 2 heteroatoms. The lowest BCUT2D eigenvalue weighted by Gasteiger charge is -2.08. The second kappa shape index (κ2) is 11.5. The van der Waals surface area contributed by atoms with Crippen LogP contribution in [0, 0.1) is 0 Å². The van der Waals surface area contributed by atoms with Gasteiger partial charge in [-0.1, -0.05) is 82.2 Å². The van der Waals surface area contributed by atoms with E-state index >= 15 is 0 Å². The van der Waals surface area contributed by atoms with E-state index in [0.717, 1.165) is 23.0 Å². The van der Waals surface area contributed by atoms with Crippen LogP contribution in [0.1, 0.15) is 70.4 Å². The van der Waals surface area contributed by atoms with Crippen molar-refractivity contribution in [3.63, 3.8) is 0 Å². The molecule has 0 unspecified atom stereocenters. The molecule has 0 spiro atoms. The maximum Gasteiger partial charge on any atom is 0.190 e. The molecule has 0 amide bonds. The fourth-order valence-electron chi connectivity index (χ4n) is 3.31. The fraction of sp³-hybridized carbons (Fsp3) is 0.458. The molecule has 0 radical (unpaired) electrons. The van der Waals surface area contributed by atoms with E-state index < -0.39 is 0 Å². The largest absolute Gasteiger partial charge is 0.344 e. The summed E-state index contributed by atoms with van der Waals surface area (Å²) in [4.78, 5) is 12.2. The van der Waals surface area contributed by atoms with E-state index in [9.17, 15) is 4.79 Å². The number of rotatable bonds is 11. The minimum absolute atomic E-state index is 0.0845. The zero-order valence-corrected chi connectivity index (χ0v) is 16.4. The minimum Gasteiger partial charge on any atom is -0.344 e. The molecule has 0 atom stereocenters. The number of benzene rings is 1. The molecule has 0 aliphatic heterocycles. The Kier molecular flexibility index (Phi) is 8.95. The van der Waals surface area contributed by atoms with E-state index in [1.807, 2.05) is 43.5 Å². The molecule has 2 nitrogen and oxygen atoms in total.